The van der Waals surface area contributed by atoms with Crippen molar-refractivity contribution < 1.29 is 4.79 Å². The Hall–Kier alpha value is -2.13. The molecule has 0 saturated carbocycles. The van der Waals surface area contributed by atoms with Crippen molar-refractivity contribution in [1.29, 1.82) is 0 Å². The monoisotopic (exact) mass is 296 g/mol. The van der Waals surface area contributed by atoms with Gasteiger partial charge in [0.2, 0.25) is 5.91 Å². The Balaban J connectivity index is 1.99. The summed E-state index contributed by atoms with van der Waals surface area (Å²) in [4.78, 5) is 11.7. The highest BCUT2D eigenvalue weighted by molar-refractivity contribution is 5.76. The number of rotatable bonds is 8. The molecule has 0 bridgehead atoms. The van der Waals surface area contributed by atoms with E-state index in [0.29, 0.717) is 25.4 Å². The van der Waals surface area contributed by atoms with E-state index in [0.717, 1.165) is 6.42 Å². The molecule has 0 aliphatic rings. The molecule has 0 aromatic heterocycles. The lowest BCUT2D eigenvalue weighted by Crippen LogP contribution is -2.28. The summed E-state index contributed by atoms with van der Waals surface area (Å²) in [5.41, 5.74) is 2.58. The molecule has 0 aliphatic carbocycles. The van der Waals surface area contributed by atoms with Gasteiger partial charge in [-0.1, -0.05) is 60.7 Å². The molecule has 3 nitrogen and oxygen atoms in total. The molecular weight excluding hydrogens is 272 g/mol. The van der Waals surface area contributed by atoms with Crippen molar-refractivity contribution in [3.63, 3.8) is 0 Å². The average molecular weight is 296 g/mol. The van der Waals surface area contributed by atoms with E-state index >= 15 is 0 Å². The van der Waals surface area contributed by atoms with Crippen LogP contribution in [0.2, 0.25) is 0 Å². The highest BCUT2D eigenvalue weighted by Gasteiger charge is 2.13. The molecule has 2 rings (SSSR count). The Bertz CT molecular complexity index is 515. The zero-order valence-electron chi connectivity index (χ0n) is 13.1. The second kappa shape index (κ2) is 9.00. The Morgan fingerprint density at radius 2 is 1.45 bits per heavy atom. The van der Waals surface area contributed by atoms with Gasteiger partial charge >= 0.3 is 0 Å². The minimum atomic E-state index is 0.106. The van der Waals surface area contributed by atoms with E-state index in [1.165, 1.54) is 11.1 Å². The third kappa shape index (κ3) is 5.01. The van der Waals surface area contributed by atoms with E-state index in [9.17, 15) is 4.79 Å². The highest BCUT2D eigenvalue weighted by atomic mass is 16.1. The maximum Gasteiger partial charge on any atom is 0.221 e. The van der Waals surface area contributed by atoms with Crippen LogP contribution >= 0.6 is 0 Å². The molecule has 0 spiro atoms. The van der Waals surface area contributed by atoms with Crippen molar-refractivity contribution >= 4 is 5.91 Å². The first-order valence-corrected chi connectivity index (χ1v) is 7.82. The van der Waals surface area contributed by atoms with E-state index in [1.807, 2.05) is 19.2 Å². The van der Waals surface area contributed by atoms with Crippen LogP contribution in [0.25, 0.3) is 0 Å². The van der Waals surface area contributed by atoms with Crippen LogP contribution in [0.15, 0.2) is 60.7 Å². The third-order valence-corrected chi connectivity index (χ3v) is 3.76. The van der Waals surface area contributed by atoms with Crippen molar-refractivity contribution in [1.82, 2.24) is 10.6 Å². The summed E-state index contributed by atoms with van der Waals surface area (Å²) in [7, 11) is 1.86. The van der Waals surface area contributed by atoms with E-state index in [4.69, 9.17) is 0 Å². The second-order valence-corrected chi connectivity index (χ2v) is 5.37. The number of hydrogen-bond donors (Lipinski definition) is 2. The number of amides is 1. The van der Waals surface area contributed by atoms with Crippen LogP contribution in [0.1, 0.15) is 29.9 Å². The average Bonchev–Trinajstić information content (AvgIpc) is 2.58. The molecule has 0 radical (unpaired) electrons. The lowest BCUT2D eigenvalue weighted by atomic mass is 9.88. The molecule has 2 N–H and O–H groups in total. The number of carbonyl (C=O) groups is 1. The van der Waals surface area contributed by atoms with Crippen molar-refractivity contribution in [2.45, 2.75) is 18.8 Å². The summed E-state index contributed by atoms with van der Waals surface area (Å²) in [5.74, 6) is 0.418. The summed E-state index contributed by atoms with van der Waals surface area (Å²) >= 11 is 0. The predicted molar refractivity (Wildman–Crippen MR) is 90.9 cm³/mol. The molecule has 2 aromatic rings. The van der Waals surface area contributed by atoms with E-state index in [1.54, 1.807) is 0 Å². The lowest BCUT2D eigenvalue weighted by Gasteiger charge is -2.18. The maximum atomic E-state index is 11.7. The number of carbonyl (C=O) groups excluding carboxylic acids is 1. The van der Waals surface area contributed by atoms with E-state index in [2.05, 4.69) is 59.2 Å². The van der Waals surface area contributed by atoms with Gasteiger partial charge in [-0.2, -0.15) is 0 Å². The summed E-state index contributed by atoms with van der Waals surface area (Å²) in [5, 5.41) is 6.00. The Labute approximate surface area is 132 Å². The first-order chi connectivity index (χ1) is 10.8. The van der Waals surface area contributed by atoms with Gasteiger partial charge in [0.25, 0.3) is 0 Å². The van der Waals surface area contributed by atoms with Crippen LogP contribution in [0.4, 0.5) is 0 Å². The first-order valence-electron chi connectivity index (χ1n) is 7.82. The SMILES string of the molecule is CNCCC(=O)NCCC(c1ccccc1)c1ccccc1. The molecule has 0 fully saturated rings. The zero-order valence-corrected chi connectivity index (χ0v) is 13.1. The molecule has 0 unspecified atom stereocenters. The molecule has 1 amide bonds. The second-order valence-electron chi connectivity index (χ2n) is 5.37. The number of benzene rings is 2. The molecule has 0 saturated heterocycles. The molecule has 116 valence electrons. The number of nitrogens with one attached hydrogen (secondary N) is 2. The van der Waals surface area contributed by atoms with Crippen LogP contribution in [0, 0.1) is 0 Å². The summed E-state index contributed by atoms with van der Waals surface area (Å²) in [6.07, 6.45) is 1.43. The van der Waals surface area contributed by atoms with Crippen LogP contribution in [-0.2, 0) is 4.79 Å². The van der Waals surface area contributed by atoms with Gasteiger partial charge in [0.05, 0.1) is 0 Å². The first kappa shape index (κ1) is 16.2. The highest BCUT2D eigenvalue weighted by Crippen LogP contribution is 2.27. The molecule has 3 heteroatoms. The largest absolute Gasteiger partial charge is 0.356 e. The van der Waals surface area contributed by atoms with E-state index < -0.39 is 0 Å². The van der Waals surface area contributed by atoms with Gasteiger partial charge in [-0.15, -0.1) is 0 Å². The Morgan fingerprint density at radius 3 is 1.95 bits per heavy atom. The van der Waals surface area contributed by atoms with Crippen LogP contribution < -0.4 is 10.6 Å². The van der Waals surface area contributed by atoms with E-state index in [-0.39, 0.29) is 5.91 Å². The van der Waals surface area contributed by atoms with Crippen LogP contribution in [0.5, 0.6) is 0 Å². The fraction of sp³-hybridized carbons (Fsp3) is 0.316. The van der Waals surface area contributed by atoms with Crippen molar-refractivity contribution in [3.8, 4) is 0 Å². The standard InChI is InChI=1S/C19H24N2O/c1-20-14-13-19(22)21-15-12-18(16-8-4-2-5-9-16)17-10-6-3-7-11-17/h2-11,18,20H,12-15H2,1H3,(H,21,22). The predicted octanol–water partition coefficient (Wildman–Crippen LogP) is 2.93. The minimum Gasteiger partial charge on any atom is -0.356 e. The van der Waals surface area contributed by atoms with Gasteiger partial charge in [-0.05, 0) is 24.6 Å². The molecule has 0 aliphatic heterocycles. The smallest absolute Gasteiger partial charge is 0.221 e. The zero-order chi connectivity index (χ0) is 15.6. The Morgan fingerprint density at radius 1 is 0.909 bits per heavy atom. The van der Waals surface area contributed by atoms with Gasteiger partial charge in [0, 0.05) is 25.4 Å². The molecule has 2 aromatic carbocycles. The van der Waals surface area contributed by atoms with Crippen LogP contribution in [0.3, 0.4) is 0 Å². The molecular formula is C19H24N2O. The quantitative estimate of drug-likeness (QED) is 0.786. The normalized spacial score (nSPS) is 10.6. The molecule has 22 heavy (non-hydrogen) atoms. The lowest BCUT2D eigenvalue weighted by molar-refractivity contribution is -0.120. The van der Waals surface area contributed by atoms with Crippen molar-refractivity contribution in [3.05, 3.63) is 71.8 Å². The summed E-state index contributed by atoms with van der Waals surface area (Å²) < 4.78 is 0. The van der Waals surface area contributed by atoms with Gasteiger partial charge in [-0.3, -0.25) is 4.79 Å². The maximum absolute atomic E-state index is 11.7. The van der Waals surface area contributed by atoms with Gasteiger partial charge in [0.1, 0.15) is 0 Å². The van der Waals surface area contributed by atoms with Gasteiger partial charge in [0.15, 0.2) is 0 Å². The minimum absolute atomic E-state index is 0.106. The van der Waals surface area contributed by atoms with Crippen LogP contribution in [-0.4, -0.2) is 26.0 Å². The van der Waals surface area contributed by atoms with Crippen molar-refractivity contribution in [2.75, 3.05) is 20.1 Å². The third-order valence-electron chi connectivity index (χ3n) is 3.76. The fourth-order valence-corrected chi connectivity index (χ4v) is 2.58. The van der Waals surface area contributed by atoms with Gasteiger partial charge in [-0.25, -0.2) is 0 Å². The number of hydrogen-bond acceptors (Lipinski definition) is 2. The molecule has 0 heterocycles. The molecule has 0 atom stereocenters. The van der Waals surface area contributed by atoms with Gasteiger partial charge < -0.3 is 10.6 Å². The topological polar surface area (TPSA) is 41.1 Å². The summed E-state index contributed by atoms with van der Waals surface area (Å²) in [6.45, 7) is 1.41. The van der Waals surface area contributed by atoms with Crippen molar-refractivity contribution in [2.24, 2.45) is 0 Å². The summed E-state index contributed by atoms with van der Waals surface area (Å²) in [6, 6.07) is 20.9. The Kier molecular flexibility index (Phi) is 6.65. The fourth-order valence-electron chi connectivity index (χ4n) is 2.58.